The van der Waals surface area contributed by atoms with Gasteiger partial charge in [-0.05, 0) is 44.2 Å². The van der Waals surface area contributed by atoms with Crippen LogP contribution in [0.2, 0.25) is 0 Å². The van der Waals surface area contributed by atoms with Gasteiger partial charge in [-0.1, -0.05) is 18.2 Å². The molecule has 0 bridgehead atoms. The number of rotatable bonds is 5. The van der Waals surface area contributed by atoms with Crippen LogP contribution in [0.5, 0.6) is 0 Å². The summed E-state index contributed by atoms with van der Waals surface area (Å²) in [5, 5.41) is 1.00. The zero-order valence-electron chi connectivity index (χ0n) is 13.0. The smallest absolute Gasteiger partial charge is 0.152 e. The summed E-state index contributed by atoms with van der Waals surface area (Å²) < 4.78 is 2.07. The summed E-state index contributed by atoms with van der Waals surface area (Å²) in [6, 6.07) is 16.4. The van der Waals surface area contributed by atoms with E-state index in [1.54, 1.807) is 0 Å². The molecule has 0 radical (unpaired) electrons. The average molecular weight is 292 g/mol. The molecule has 3 nitrogen and oxygen atoms in total. The molecule has 1 aromatic heterocycles. The van der Waals surface area contributed by atoms with Gasteiger partial charge in [-0.25, -0.2) is 0 Å². The molecule has 3 rings (SSSR count). The molecule has 0 saturated carbocycles. The Morgan fingerprint density at radius 3 is 2.41 bits per heavy atom. The van der Waals surface area contributed by atoms with Crippen molar-refractivity contribution in [1.82, 2.24) is 4.57 Å². The molecule has 3 aromatic rings. The topological polar surface area (TPSA) is 25.2 Å². The minimum absolute atomic E-state index is 0.729. The van der Waals surface area contributed by atoms with Crippen molar-refractivity contribution < 1.29 is 4.79 Å². The Balaban J connectivity index is 2.20. The number of aldehydes is 1. The number of hydrogen-bond donors (Lipinski definition) is 0. The molecule has 0 fully saturated rings. The predicted molar refractivity (Wildman–Crippen MR) is 92.2 cm³/mol. The maximum absolute atomic E-state index is 11.5. The fourth-order valence-corrected chi connectivity index (χ4v) is 2.93. The van der Waals surface area contributed by atoms with Crippen LogP contribution in [-0.2, 0) is 0 Å². The van der Waals surface area contributed by atoms with Gasteiger partial charge in [0.15, 0.2) is 6.29 Å². The predicted octanol–water partition coefficient (Wildman–Crippen LogP) is 4.29. The number of nitrogens with zero attached hydrogens (tertiary/aromatic N) is 2. The van der Waals surface area contributed by atoms with E-state index in [0.717, 1.165) is 47.2 Å². The number of carbonyl (C=O) groups excluding carboxylic acids is 1. The lowest BCUT2D eigenvalue weighted by atomic mass is 10.1. The van der Waals surface area contributed by atoms with E-state index in [4.69, 9.17) is 0 Å². The maximum atomic E-state index is 11.5. The van der Waals surface area contributed by atoms with Crippen LogP contribution in [0.15, 0.2) is 54.7 Å². The Morgan fingerprint density at radius 1 is 1.05 bits per heavy atom. The Labute approximate surface area is 130 Å². The standard InChI is InChI=1S/C19H20N2O/c1-3-20(4-2)17-10-11-19-18(12-17)15(14-22)13-21(19)16-8-6-5-7-9-16/h5-14H,3-4H2,1-2H3. The number of aromatic nitrogens is 1. The zero-order chi connectivity index (χ0) is 15.5. The third-order valence-electron chi connectivity index (χ3n) is 4.11. The summed E-state index contributed by atoms with van der Waals surface area (Å²) in [6.07, 6.45) is 2.85. The first-order chi connectivity index (χ1) is 10.8. The Kier molecular flexibility index (Phi) is 3.96. The van der Waals surface area contributed by atoms with E-state index in [1.165, 1.54) is 0 Å². The molecule has 0 unspecified atom stereocenters. The molecule has 0 amide bonds. The zero-order valence-corrected chi connectivity index (χ0v) is 13.0. The summed E-state index contributed by atoms with van der Waals surface area (Å²) in [7, 11) is 0. The van der Waals surface area contributed by atoms with Crippen LogP contribution in [0.25, 0.3) is 16.6 Å². The van der Waals surface area contributed by atoms with Crippen LogP contribution in [0.1, 0.15) is 24.2 Å². The summed E-state index contributed by atoms with van der Waals surface area (Å²) in [5.41, 5.74) is 4.01. The van der Waals surface area contributed by atoms with Crippen LogP contribution in [0, 0.1) is 0 Å². The monoisotopic (exact) mass is 292 g/mol. The van der Waals surface area contributed by atoms with Gasteiger partial charge in [0.2, 0.25) is 0 Å². The average Bonchev–Trinajstić information content (AvgIpc) is 2.95. The summed E-state index contributed by atoms with van der Waals surface area (Å²) in [5.74, 6) is 0. The molecule has 1 heterocycles. The molecule has 0 N–H and O–H groups in total. The highest BCUT2D eigenvalue weighted by atomic mass is 16.1. The first kappa shape index (κ1) is 14.4. The lowest BCUT2D eigenvalue weighted by Crippen LogP contribution is -2.21. The lowest BCUT2D eigenvalue weighted by Gasteiger charge is -2.21. The normalized spacial score (nSPS) is 10.8. The van der Waals surface area contributed by atoms with Gasteiger partial charge in [0.1, 0.15) is 0 Å². The minimum Gasteiger partial charge on any atom is -0.372 e. The lowest BCUT2D eigenvalue weighted by molar-refractivity contribution is 0.112. The van der Waals surface area contributed by atoms with Crippen LogP contribution in [0.3, 0.4) is 0 Å². The van der Waals surface area contributed by atoms with Crippen LogP contribution >= 0.6 is 0 Å². The van der Waals surface area contributed by atoms with Crippen molar-refractivity contribution in [2.45, 2.75) is 13.8 Å². The van der Waals surface area contributed by atoms with Crippen molar-refractivity contribution in [3.05, 3.63) is 60.3 Å². The Hall–Kier alpha value is -2.55. The Bertz CT molecular complexity index is 786. The second-order valence-electron chi connectivity index (χ2n) is 5.28. The van der Waals surface area contributed by atoms with Crippen molar-refractivity contribution in [2.75, 3.05) is 18.0 Å². The molecule has 0 aliphatic heterocycles. The van der Waals surface area contributed by atoms with E-state index < -0.39 is 0 Å². The maximum Gasteiger partial charge on any atom is 0.152 e. The van der Waals surface area contributed by atoms with Crippen LogP contribution in [0.4, 0.5) is 5.69 Å². The summed E-state index contributed by atoms with van der Waals surface area (Å²) in [6.45, 7) is 6.20. The molecule has 112 valence electrons. The van der Waals surface area contributed by atoms with E-state index in [0.29, 0.717) is 0 Å². The molecular weight excluding hydrogens is 272 g/mol. The minimum atomic E-state index is 0.729. The molecule has 0 aliphatic rings. The van der Waals surface area contributed by atoms with E-state index in [2.05, 4.69) is 41.5 Å². The first-order valence-corrected chi connectivity index (χ1v) is 7.69. The number of hydrogen-bond acceptors (Lipinski definition) is 2. The fraction of sp³-hybridized carbons (Fsp3) is 0.211. The Morgan fingerprint density at radius 2 is 1.77 bits per heavy atom. The SMILES string of the molecule is CCN(CC)c1ccc2c(c1)c(C=O)cn2-c1ccccc1. The highest BCUT2D eigenvalue weighted by Crippen LogP contribution is 2.28. The van der Waals surface area contributed by atoms with E-state index in [1.807, 2.05) is 36.5 Å². The molecule has 2 aromatic carbocycles. The summed E-state index contributed by atoms with van der Waals surface area (Å²) >= 11 is 0. The number of anilines is 1. The first-order valence-electron chi connectivity index (χ1n) is 7.69. The van der Waals surface area contributed by atoms with E-state index in [-0.39, 0.29) is 0 Å². The molecular formula is C19H20N2O. The van der Waals surface area contributed by atoms with Crippen LogP contribution in [-0.4, -0.2) is 23.9 Å². The van der Waals surface area contributed by atoms with E-state index >= 15 is 0 Å². The highest BCUT2D eigenvalue weighted by Gasteiger charge is 2.11. The molecule has 0 saturated heterocycles. The van der Waals surface area contributed by atoms with Crippen molar-refractivity contribution in [1.29, 1.82) is 0 Å². The van der Waals surface area contributed by atoms with Crippen molar-refractivity contribution >= 4 is 22.9 Å². The molecule has 0 spiro atoms. The third-order valence-corrected chi connectivity index (χ3v) is 4.11. The van der Waals surface area contributed by atoms with Crippen molar-refractivity contribution in [3.8, 4) is 5.69 Å². The van der Waals surface area contributed by atoms with Crippen molar-refractivity contribution in [2.24, 2.45) is 0 Å². The van der Waals surface area contributed by atoms with Gasteiger partial charge >= 0.3 is 0 Å². The van der Waals surface area contributed by atoms with Gasteiger partial charge in [-0.15, -0.1) is 0 Å². The molecule has 0 atom stereocenters. The van der Waals surface area contributed by atoms with Gasteiger partial charge in [0.05, 0.1) is 5.52 Å². The fourth-order valence-electron chi connectivity index (χ4n) is 2.93. The second kappa shape index (κ2) is 6.06. The van der Waals surface area contributed by atoms with Gasteiger partial charge in [-0.2, -0.15) is 0 Å². The second-order valence-corrected chi connectivity index (χ2v) is 5.28. The van der Waals surface area contributed by atoms with Gasteiger partial charge in [0.25, 0.3) is 0 Å². The molecule has 3 heteroatoms. The van der Waals surface area contributed by atoms with Crippen LogP contribution < -0.4 is 4.90 Å². The van der Waals surface area contributed by atoms with E-state index in [9.17, 15) is 4.79 Å². The third kappa shape index (κ3) is 2.39. The van der Waals surface area contributed by atoms with Gasteiger partial charge in [0, 0.05) is 41.6 Å². The number of carbonyl (C=O) groups is 1. The number of para-hydroxylation sites is 1. The number of fused-ring (bicyclic) bond motifs is 1. The van der Waals surface area contributed by atoms with Gasteiger partial charge in [-0.3, -0.25) is 4.79 Å². The van der Waals surface area contributed by atoms with Gasteiger partial charge < -0.3 is 9.47 Å². The molecule has 0 aliphatic carbocycles. The highest BCUT2D eigenvalue weighted by molar-refractivity contribution is 6.00. The largest absolute Gasteiger partial charge is 0.372 e. The van der Waals surface area contributed by atoms with Crippen molar-refractivity contribution in [3.63, 3.8) is 0 Å². The quantitative estimate of drug-likeness (QED) is 0.655. The summed E-state index contributed by atoms with van der Waals surface area (Å²) in [4.78, 5) is 13.7. The molecule has 22 heavy (non-hydrogen) atoms. The number of benzene rings is 2.